The number of likely N-dealkylation sites (N-methyl/N-ethyl adjacent to an activating group) is 2. The third-order valence-electron chi connectivity index (χ3n) is 15.6. The molecule has 9 aromatic rings. The van der Waals surface area contributed by atoms with E-state index in [0.717, 1.165) is 53.1 Å². The van der Waals surface area contributed by atoms with E-state index in [2.05, 4.69) is 5.32 Å². The van der Waals surface area contributed by atoms with Crippen molar-refractivity contribution in [3.63, 3.8) is 0 Å². The molecule has 0 aromatic heterocycles. The second-order valence-electron chi connectivity index (χ2n) is 21.8. The van der Waals surface area contributed by atoms with Gasteiger partial charge in [0, 0.05) is 33.7 Å². The Morgan fingerprint density at radius 1 is 0.372 bits per heavy atom. The first-order valence-corrected chi connectivity index (χ1v) is 28.8. The Morgan fingerprint density at radius 3 is 0.968 bits per heavy atom. The molecular weight excluding hydrogens is 1230 g/mol. The summed E-state index contributed by atoms with van der Waals surface area (Å²) in [4.78, 5) is 84.6. The van der Waals surface area contributed by atoms with Crippen molar-refractivity contribution in [3.8, 4) is 33.4 Å². The number of hydrogen-bond acceptors (Lipinski definition) is 6. The predicted octanol–water partition coefficient (Wildman–Crippen LogP) is 15.5. The van der Waals surface area contributed by atoms with Crippen molar-refractivity contribution >= 4 is 52.5 Å². The van der Waals surface area contributed by atoms with Gasteiger partial charge in [0.15, 0.2) is 0 Å². The van der Waals surface area contributed by atoms with Gasteiger partial charge in [-0.25, -0.2) is 0 Å². The van der Waals surface area contributed by atoms with Gasteiger partial charge in [0.2, 0.25) is 17.7 Å². The first-order chi connectivity index (χ1) is 45.2. The number of anilines is 3. The molecule has 0 atom stereocenters. The van der Waals surface area contributed by atoms with E-state index in [4.69, 9.17) is 1.37 Å². The highest BCUT2D eigenvalue weighted by molar-refractivity contribution is 6.12. The molecule has 0 bridgehead atoms. The maximum atomic E-state index is 13.3. The number of alkyl halides is 10. The zero-order valence-corrected chi connectivity index (χ0v) is 50.2. The minimum atomic E-state index is -4.41. The number of carbonyl (C=O) groups excluding carboxylic acids is 6. The molecule has 3 heterocycles. The Morgan fingerprint density at radius 2 is 0.649 bits per heavy atom. The Kier molecular flexibility index (Phi) is 20.2. The monoisotopic (exact) mass is 1290 g/mol. The minimum absolute atomic E-state index is 0.0610. The molecule has 3 aliphatic heterocycles. The maximum absolute atomic E-state index is 13.3. The maximum Gasteiger partial charge on any atom is 0.416 e. The van der Waals surface area contributed by atoms with Gasteiger partial charge in [-0.2, -0.15) is 39.5 Å². The third kappa shape index (κ3) is 16.0. The number of nitrogens with one attached hydrogen (secondary N) is 1. The number of carbonyl (C=O) groups is 6. The van der Waals surface area contributed by atoms with E-state index in [-0.39, 0.29) is 74.7 Å². The molecule has 0 radical (unpaired) electrons. The standard InChI is InChI=1S/2C24H19F3N2O2.C23H17F3N2O2.CH3F/c2*1-28-21-12-9-18(17-7-10-19(11-8-17)24(25,26)27)13-20(21)23(31)29(15-22(28)30)14-16-5-3-2-4-6-16;24-23(25,26)18-9-6-16(7-10-18)17-8-11-20-19(12-17)22(30)28(14-21(29)27-20)13-15-4-2-1-3-5-15;1-2/h2*2-13H,14-15H2,1H3;1-12H,13-14H2,(H,27,29);1H3/i;;;1D. The lowest BCUT2D eigenvalue weighted by molar-refractivity contribution is -0.138. The SMILES string of the molecule is CN1C(=O)CN(Cc2ccccc2)C(=O)c2cc(-c3ccc(C(F)(F)F)cc3)ccc21.CN1C(=O)CN(Cc2ccccc2)C(=O)c2cc(-c3ccc(C(F)(F)F)cc3)ccc21.O=C1CN(Cc2ccccc2)C(=O)c2cc(-c3ccc(C(F)(F)F)cc3)ccc2N1.[2H]CF. The molecule has 0 fully saturated rings. The molecule has 0 saturated carbocycles. The number of amides is 6. The fourth-order valence-corrected chi connectivity index (χ4v) is 10.6. The van der Waals surface area contributed by atoms with E-state index in [1.165, 1.54) is 60.9 Å². The van der Waals surface area contributed by atoms with Gasteiger partial charge in [0.1, 0.15) is 19.6 Å². The predicted molar refractivity (Wildman–Crippen MR) is 337 cm³/mol. The van der Waals surface area contributed by atoms with E-state index in [0.29, 0.717) is 67.1 Å². The summed E-state index contributed by atoms with van der Waals surface area (Å²) in [5.74, 6) is -1.66. The summed E-state index contributed by atoms with van der Waals surface area (Å²) in [5.41, 5.74) is 6.22. The Bertz CT molecular complexity index is 4050. The zero-order chi connectivity index (χ0) is 68.4. The summed E-state index contributed by atoms with van der Waals surface area (Å²) in [5, 5.41) is 2.73. The highest BCUT2D eigenvalue weighted by Crippen LogP contribution is 2.38. The smallest absolute Gasteiger partial charge is 0.325 e. The van der Waals surface area contributed by atoms with Crippen LogP contribution in [0.2, 0.25) is 0 Å². The van der Waals surface area contributed by atoms with E-state index in [9.17, 15) is 72.7 Å². The van der Waals surface area contributed by atoms with Crippen molar-refractivity contribution in [2.45, 2.75) is 38.2 Å². The summed E-state index contributed by atoms with van der Waals surface area (Å²) in [6.07, 6.45) is -13.2. The number of nitrogens with zero attached hydrogens (tertiary/aromatic N) is 5. The number of rotatable bonds is 9. The summed E-state index contributed by atoms with van der Waals surface area (Å²) in [7, 11) is 2.22. The lowest BCUT2D eigenvalue weighted by Crippen LogP contribution is -2.37. The Balaban J connectivity index is 0.000000164. The molecule has 12 rings (SSSR count). The molecule has 22 heteroatoms. The molecule has 0 saturated heterocycles. The normalized spacial score (nSPS) is 14.3. The van der Waals surface area contributed by atoms with Crippen molar-refractivity contribution in [2.75, 3.05) is 56.0 Å². The lowest BCUT2D eigenvalue weighted by Gasteiger charge is -2.20. The summed E-state index contributed by atoms with van der Waals surface area (Å²) in [6, 6.07) is 57.2. The van der Waals surface area contributed by atoms with Gasteiger partial charge in [0.05, 0.1) is 59.0 Å². The van der Waals surface area contributed by atoms with Crippen LogP contribution in [0.15, 0.2) is 218 Å². The van der Waals surface area contributed by atoms with Gasteiger partial charge in [-0.3, -0.25) is 33.2 Å². The van der Waals surface area contributed by atoms with Gasteiger partial charge in [-0.1, -0.05) is 146 Å². The quantitative estimate of drug-likeness (QED) is 0.143. The fourth-order valence-electron chi connectivity index (χ4n) is 10.6. The molecule has 12 nitrogen and oxygen atoms in total. The molecule has 3 aliphatic rings. The van der Waals surface area contributed by atoms with Gasteiger partial charge < -0.3 is 29.8 Å². The van der Waals surface area contributed by atoms with Crippen molar-refractivity contribution < 1.29 is 74.0 Å². The molecule has 9 aromatic carbocycles. The topological polar surface area (TPSA) is 131 Å². The van der Waals surface area contributed by atoms with Crippen molar-refractivity contribution in [1.29, 1.82) is 0 Å². The lowest BCUT2D eigenvalue weighted by atomic mass is 9.99. The average Bonchev–Trinajstić information content (AvgIpc) is 1.77. The highest BCUT2D eigenvalue weighted by Gasteiger charge is 2.35. The summed E-state index contributed by atoms with van der Waals surface area (Å²) < 4.78 is 131. The molecule has 94 heavy (non-hydrogen) atoms. The Labute approximate surface area is 535 Å². The fraction of sp³-hybridized carbons (Fsp3) is 0.167. The van der Waals surface area contributed by atoms with Crippen LogP contribution < -0.4 is 15.1 Å². The van der Waals surface area contributed by atoms with Crippen LogP contribution in [0.4, 0.5) is 61.0 Å². The second-order valence-corrected chi connectivity index (χ2v) is 21.8. The van der Waals surface area contributed by atoms with Crippen LogP contribution in [0.3, 0.4) is 0 Å². The van der Waals surface area contributed by atoms with Crippen LogP contribution in [0.25, 0.3) is 33.4 Å². The summed E-state index contributed by atoms with van der Waals surface area (Å²) >= 11 is 0. The van der Waals surface area contributed by atoms with Crippen molar-refractivity contribution in [1.82, 2.24) is 14.7 Å². The van der Waals surface area contributed by atoms with Crippen LogP contribution in [-0.4, -0.2) is 91.0 Å². The van der Waals surface area contributed by atoms with Gasteiger partial charge in [-0.05, 0) is 123 Å². The molecule has 0 aliphatic carbocycles. The first-order valence-electron chi connectivity index (χ1n) is 29.5. The average molecular weight is 1290 g/mol. The van der Waals surface area contributed by atoms with Gasteiger partial charge >= 0.3 is 18.5 Å². The molecule has 482 valence electrons. The van der Waals surface area contributed by atoms with Crippen LogP contribution in [-0.2, 0) is 52.5 Å². The van der Waals surface area contributed by atoms with E-state index >= 15 is 0 Å². The van der Waals surface area contributed by atoms with E-state index in [1.807, 2.05) is 91.0 Å². The Hall–Kier alpha value is -10.9. The van der Waals surface area contributed by atoms with E-state index < -0.39 is 42.4 Å². The molecule has 0 spiro atoms. The molecule has 0 unspecified atom stereocenters. The number of hydrogen-bond donors (Lipinski definition) is 1. The minimum Gasteiger partial charge on any atom is -0.325 e. The number of fused-ring (bicyclic) bond motifs is 3. The zero-order valence-electron chi connectivity index (χ0n) is 51.2. The van der Waals surface area contributed by atoms with Gasteiger partial charge in [-0.15, -0.1) is 0 Å². The van der Waals surface area contributed by atoms with E-state index in [1.54, 1.807) is 68.7 Å². The molecule has 1 N–H and O–H groups in total. The van der Waals surface area contributed by atoms with Crippen molar-refractivity contribution in [3.05, 3.63) is 268 Å². The number of benzene rings is 9. The molecule has 6 amide bonds. The van der Waals surface area contributed by atoms with Crippen LogP contribution >= 0.6 is 0 Å². The second kappa shape index (κ2) is 28.7. The summed E-state index contributed by atoms with van der Waals surface area (Å²) in [6.45, 7) is 0.629. The number of halogens is 10. The van der Waals surface area contributed by atoms with Crippen LogP contribution in [0, 0.1) is 0 Å². The van der Waals surface area contributed by atoms with Crippen LogP contribution in [0.5, 0.6) is 0 Å². The van der Waals surface area contributed by atoms with Crippen molar-refractivity contribution in [2.24, 2.45) is 0 Å². The van der Waals surface area contributed by atoms with Crippen LogP contribution in [0.1, 0.15) is 65.8 Å². The molecular formula is C72H58F10N6O6. The largest absolute Gasteiger partial charge is 0.416 e. The highest BCUT2D eigenvalue weighted by atomic mass is 19.4. The third-order valence-corrected chi connectivity index (χ3v) is 15.6. The van der Waals surface area contributed by atoms with Gasteiger partial charge in [0.25, 0.3) is 17.7 Å². The first kappa shape index (κ1) is 66.0.